The molecule has 1 heterocycles. The molecule has 0 spiro atoms. The first-order valence-electron chi connectivity index (χ1n) is 4.07. The average Bonchev–Trinajstić information content (AvgIpc) is 2.16. The van der Waals surface area contributed by atoms with Gasteiger partial charge in [0.15, 0.2) is 0 Å². The van der Waals surface area contributed by atoms with Crippen LogP contribution in [0.5, 0.6) is 0 Å². The second-order valence-corrected chi connectivity index (χ2v) is 4.39. The molecular weight excluding hydrogens is 300 g/mol. The van der Waals surface area contributed by atoms with E-state index in [0.29, 0.717) is 0 Å². The highest BCUT2D eigenvalue weighted by Gasteiger charge is 2.03. The molecule has 1 unspecified atom stereocenters. The molecule has 0 saturated heterocycles. The zero-order chi connectivity index (χ0) is 9.68. The van der Waals surface area contributed by atoms with Crippen LogP contribution in [-0.2, 0) is 0 Å². The predicted molar refractivity (Wildman–Crippen MR) is 63.2 cm³/mol. The van der Waals surface area contributed by atoms with Gasteiger partial charge in [-0.15, -0.1) is 11.6 Å². The lowest BCUT2D eigenvalue weighted by molar-refractivity contribution is 0.839. The fraction of sp³-hybridized carbons (Fsp3) is 0.500. The van der Waals surface area contributed by atoms with Crippen LogP contribution in [0.4, 0.5) is 5.82 Å². The van der Waals surface area contributed by atoms with Crippen molar-refractivity contribution < 1.29 is 0 Å². The van der Waals surface area contributed by atoms with E-state index in [9.17, 15) is 0 Å². The Bertz CT molecular complexity index is 269. The van der Waals surface area contributed by atoms with Gasteiger partial charge in [-0.1, -0.05) is 6.92 Å². The number of hydrogen-bond acceptors (Lipinski definition) is 3. The summed E-state index contributed by atoms with van der Waals surface area (Å²) in [5, 5.41) is 3.33. The molecule has 0 saturated carbocycles. The van der Waals surface area contributed by atoms with Crippen molar-refractivity contribution in [2.24, 2.45) is 0 Å². The molecule has 1 rings (SSSR count). The minimum Gasteiger partial charge on any atom is -0.368 e. The van der Waals surface area contributed by atoms with Crippen LogP contribution in [0.1, 0.15) is 13.3 Å². The second-order valence-electron chi connectivity index (χ2n) is 2.61. The summed E-state index contributed by atoms with van der Waals surface area (Å²) in [4.78, 5) is 8.00. The normalized spacial score (nSPS) is 12.5. The van der Waals surface area contributed by atoms with Crippen molar-refractivity contribution >= 4 is 40.0 Å². The van der Waals surface area contributed by atoms with Crippen LogP contribution in [0.25, 0.3) is 0 Å². The zero-order valence-corrected chi connectivity index (χ0v) is 10.2. The van der Waals surface area contributed by atoms with Gasteiger partial charge in [0.25, 0.3) is 0 Å². The van der Waals surface area contributed by atoms with Gasteiger partial charge in [0.1, 0.15) is 12.1 Å². The summed E-state index contributed by atoms with van der Waals surface area (Å²) in [5.74, 6) is 0.856. The van der Waals surface area contributed by atoms with E-state index in [-0.39, 0.29) is 5.38 Å². The number of anilines is 1. The molecular formula is C8H11ClIN3. The Labute approximate surface area is 96.4 Å². The molecule has 0 fully saturated rings. The molecule has 13 heavy (non-hydrogen) atoms. The molecule has 3 nitrogen and oxygen atoms in total. The highest BCUT2D eigenvalue weighted by atomic mass is 127. The number of aromatic nitrogens is 2. The molecule has 0 radical (unpaired) electrons. The lowest BCUT2D eigenvalue weighted by Gasteiger charge is -2.09. The monoisotopic (exact) mass is 311 g/mol. The fourth-order valence-electron chi connectivity index (χ4n) is 0.794. The quantitative estimate of drug-likeness (QED) is 0.686. The second kappa shape index (κ2) is 5.59. The SMILES string of the molecule is CCC(Cl)CNc1ncncc1I. The third-order valence-corrected chi connectivity index (χ3v) is 2.85. The van der Waals surface area contributed by atoms with Gasteiger partial charge in [-0.05, 0) is 29.0 Å². The van der Waals surface area contributed by atoms with E-state index in [1.54, 1.807) is 6.20 Å². The molecule has 0 aliphatic rings. The maximum atomic E-state index is 5.96. The third kappa shape index (κ3) is 3.64. The van der Waals surface area contributed by atoms with Crippen molar-refractivity contribution in [1.29, 1.82) is 0 Å². The highest BCUT2D eigenvalue weighted by Crippen LogP contribution is 2.13. The summed E-state index contributed by atoms with van der Waals surface area (Å²) in [5.41, 5.74) is 0. The Hall–Kier alpha value is -0.100. The number of hydrogen-bond donors (Lipinski definition) is 1. The van der Waals surface area contributed by atoms with Crippen LogP contribution in [0.2, 0.25) is 0 Å². The molecule has 1 N–H and O–H groups in total. The molecule has 1 atom stereocenters. The van der Waals surface area contributed by atoms with E-state index in [0.717, 1.165) is 22.4 Å². The van der Waals surface area contributed by atoms with Gasteiger partial charge in [0.2, 0.25) is 0 Å². The molecule has 0 amide bonds. The Morgan fingerprint density at radius 1 is 1.69 bits per heavy atom. The van der Waals surface area contributed by atoms with Crippen LogP contribution in [0, 0.1) is 3.57 Å². The molecule has 0 bridgehead atoms. The van der Waals surface area contributed by atoms with Crippen molar-refractivity contribution in [1.82, 2.24) is 9.97 Å². The highest BCUT2D eigenvalue weighted by molar-refractivity contribution is 14.1. The first-order valence-corrected chi connectivity index (χ1v) is 5.59. The van der Waals surface area contributed by atoms with Gasteiger partial charge >= 0.3 is 0 Å². The molecule has 0 aliphatic carbocycles. The third-order valence-electron chi connectivity index (χ3n) is 1.60. The van der Waals surface area contributed by atoms with Crippen LogP contribution < -0.4 is 5.32 Å². The smallest absolute Gasteiger partial charge is 0.142 e. The van der Waals surface area contributed by atoms with Crippen molar-refractivity contribution in [2.45, 2.75) is 18.7 Å². The van der Waals surface area contributed by atoms with E-state index in [1.165, 1.54) is 6.33 Å². The molecule has 72 valence electrons. The number of rotatable bonds is 4. The number of nitrogens with one attached hydrogen (secondary N) is 1. The van der Waals surface area contributed by atoms with Crippen LogP contribution in [0.3, 0.4) is 0 Å². The van der Waals surface area contributed by atoms with Crippen LogP contribution in [0.15, 0.2) is 12.5 Å². The topological polar surface area (TPSA) is 37.8 Å². The van der Waals surface area contributed by atoms with Crippen molar-refractivity contribution in [3.05, 3.63) is 16.1 Å². The van der Waals surface area contributed by atoms with Crippen molar-refractivity contribution in [3.8, 4) is 0 Å². The van der Waals surface area contributed by atoms with Crippen LogP contribution >= 0.6 is 34.2 Å². The van der Waals surface area contributed by atoms with Crippen molar-refractivity contribution in [2.75, 3.05) is 11.9 Å². The maximum Gasteiger partial charge on any atom is 0.142 e. The number of nitrogens with zero attached hydrogens (tertiary/aromatic N) is 2. The van der Waals surface area contributed by atoms with E-state index in [1.807, 2.05) is 0 Å². The van der Waals surface area contributed by atoms with E-state index < -0.39 is 0 Å². The van der Waals surface area contributed by atoms with Gasteiger partial charge in [0, 0.05) is 12.7 Å². The summed E-state index contributed by atoms with van der Waals surface area (Å²) in [6.07, 6.45) is 4.25. The molecule has 1 aromatic heterocycles. The molecule has 5 heteroatoms. The van der Waals surface area contributed by atoms with E-state index in [2.05, 4.69) is 44.8 Å². The van der Waals surface area contributed by atoms with E-state index in [4.69, 9.17) is 11.6 Å². The van der Waals surface area contributed by atoms with Gasteiger partial charge in [-0.2, -0.15) is 0 Å². The minimum absolute atomic E-state index is 0.158. The van der Waals surface area contributed by atoms with Gasteiger partial charge in [-0.25, -0.2) is 9.97 Å². The predicted octanol–water partition coefficient (Wildman–Crippen LogP) is 2.51. The largest absolute Gasteiger partial charge is 0.368 e. The van der Waals surface area contributed by atoms with Crippen LogP contribution in [-0.4, -0.2) is 21.9 Å². The summed E-state index contributed by atoms with van der Waals surface area (Å²) < 4.78 is 1.01. The fourth-order valence-corrected chi connectivity index (χ4v) is 1.36. The zero-order valence-electron chi connectivity index (χ0n) is 7.30. The summed E-state index contributed by atoms with van der Waals surface area (Å²) in [7, 11) is 0. The van der Waals surface area contributed by atoms with Gasteiger partial charge in [-0.3, -0.25) is 0 Å². The summed E-state index contributed by atoms with van der Waals surface area (Å²) >= 11 is 8.15. The minimum atomic E-state index is 0.158. The lowest BCUT2D eigenvalue weighted by atomic mass is 10.3. The standard InChI is InChI=1S/C8H11ClIN3/c1-2-6(9)3-12-8-7(10)4-11-5-13-8/h4-6H,2-3H2,1H3,(H,11,12,13). The summed E-state index contributed by atoms with van der Waals surface area (Å²) in [6.45, 7) is 2.80. The molecule has 1 aromatic rings. The van der Waals surface area contributed by atoms with Gasteiger partial charge in [0.05, 0.1) is 8.95 Å². The number of alkyl halides is 1. The Morgan fingerprint density at radius 3 is 3.08 bits per heavy atom. The average molecular weight is 312 g/mol. The van der Waals surface area contributed by atoms with Crippen molar-refractivity contribution in [3.63, 3.8) is 0 Å². The Kier molecular flexibility index (Phi) is 4.72. The first kappa shape index (κ1) is 11.0. The summed E-state index contributed by atoms with van der Waals surface area (Å²) in [6, 6.07) is 0. The lowest BCUT2D eigenvalue weighted by Crippen LogP contribution is -2.14. The molecule has 0 aliphatic heterocycles. The first-order chi connectivity index (χ1) is 6.24. The maximum absolute atomic E-state index is 5.96. The van der Waals surface area contributed by atoms with Gasteiger partial charge < -0.3 is 5.32 Å². The Morgan fingerprint density at radius 2 is 2.46 bits per heavy atom. The Balaban J connectivity index is 2.50. The molecule has 0 aromatic carbocycles. The van der Waals surface area contributed by atoms with E-state index >= 15 is 0 Å². The number of halogens is 2.